The largest absolute Gasteiger partial charge is 0.464 e. The number of terminal acetylenes is 1. The van der Waals surface area contributed by atoms with Crippen molar-refractivity contribution in [3.05, 3.63) is 11.6 Å². The number of hydrogen-bond acceptors (Lipinski definition) is 5. The smallest absolute Gasteiger partial charge is 0.329 e. The van der Waals surface area contributed by atoms with Gasteiger partial charge in [0.25, 0.3) is 0 Å². The van der Waals surface area contributed by atoms with Crippen molar-refractivity contribution >= 4 is 17.8 Å². The highest BCUT2D eigenvalue weighted by molar-refractivity contribution is 5.86. The highest BCUT2D eigenvalue weighted by Crippen LogP contribution is 2.20. The van der Waals surface area contributed by atoms with Gasteiger partial charge in [0.05, 0.1) is 12.5 Å². The van der Waals surface area contributed by atoms with Crippen molar-refractivity contribution in [2.75, 3.05) is 32.8 Å². The second-order valence-corrected chi connectivity index (χ2v) is 7.22. The molecule has 0 unspecified atom stereocenters. The summed E-state index contributed by atoms with van der Waals surface area (Å²) >= 11 is 0. The molecule has 2 atom stereocenters. The Morgan fingerprint density at radius 3 is 2.96 bits per heavy atom. The van der Waals surface area contributed by atoms with Gasteiger partial charge < -0.3 is 20.3 Å². The number of nitrogens with one attached hydrogen (secondary N) is 2. The Bertz CT molecular complexity index is 638. The zero-order valence-electron chi connectivity index (χ0n) is 16.7. The van der Waals surface area contributed by atoms with Gasteiger partial charge in [-0.3, -0.25) is 9.59 Å². The van der Waals surface area contributed by atoms with E-state index in [0.717, 1.165) is 32.4 Å². The molecule has 0 aromatic heterocycles. The summed E-state index contributed by atoms with van der Waals surface area (Å²) in [5.74, 6) is 1.39. The number of esters is 1. The SMILES string of the molecule is C#CC[C@H](NC(=O)[C@@H]1CCCN(C(=O)CCC2=CCNCC2)C1)C(=O)OCC. The lowest BCUT2D eigenvalue weighted by Gasteiger charge is -2.33. The van der Waals surface area contributed by atoms with Crippen LogP contribution in [0.1, 0.15) is 45.4 Å². The molecule has 0 spiro atoms. The van der Waals surface area contributed by atoms with Gasteiger partial charge in [-0.05, 0) is 39.2 Å². The second-order valence-electron chi connectivity index (χ2n) is 7.22. The Hall–Kier alpha value is -2.33. The van der Waals surface area contributed by atoms with Gasteiger partial charge in [0, 0.05) is 32.5 Å². The van der Waals surface area contributed by atoms with Crippen LogP contribution in [0, 0.1) is 18.3 Å². The average molecular weight is 389 g/mol. The summed E-state index contributed by atoms with van der Waals surface area (Å²) in [5.41, 5.74) is 1.32. The normalized spacial score (nSPS) is 20.5. The van der Waals surface area contributed by atoms with Gasteiger partial charge >= 0.3 is 5.97 Å². The number of likely N-dealkylation sites (tertiary alicyclic amines) is 1. The molecule has 0 saturated carbocycles. The van der Waals surface area contributed by atoms with Crippen LogP contribution in [0.5, 0.6) is 0 Å². The maximum absolute atomic E-state index is 12.6. The van der Waals surface area contributed by atoms with Crippen LogP contribution >= 0.6 is 0 Å². The van der Waals surface area contributed by atoms with Crippen LogP contribution in [0.3, 0.4) is 0 Å². The molecule has 0 radical (unpaired) electrons. The van der Waals surface area contributed by atoms with Crippen LogP contribution in [0.25, 0.3) is 0 Å². The van der Waals surface area contributed by atoms with E-state index in [1.807, 2.05) is 0 Å². The molecule has 1 fully saturated rings. The van der Waals surface area contributed by atoms with E-state index in [1.54, 1.807) is 11.8 Å². The lowest BCUT2D eigenvalue weighted by atomic mass is 9.95. The molecule has 2 N–H and O–H groups in total. The first-order chi connectivity index (χ1) is 13.5. The molecule has 2 heterocycles. The van der Waals surface area contributed by atoms with Crippen LogP contribution in [-0.2, 0) is 19.1 Å². The molecule has 28 heavy (non-hydrogen) atoms. The minimum Gasteiger partial charge on any atom is -0.464 e. The minimum atomic E-state index is -0.838. The monoisotopic (exact) mass is 389 g/mol. The van der Waals surface area contributed by atoms with E-state index in [0.29, 0.717) is 25.9 Å². The molecule has 0 aromatic carbocycles. The number of hydrogen-bond donors (Lipinski definition) is 2. The molecular formula is C21H31N3O4. The van der Waals surface area contributed by atoms with Crippen molar-refractivity contribution in [2.45, 2.75) is 51.5 Å². The highest BCUT2D eigenvalue weighted by atomic mass is 16.5. The van der Waals surface area contributed by atoms with Crippen molar-refractivity contribution in [1.82, 2.24) is 15.5 Å². The summed E-state index contributed by atoms with van der Waals surface area (Å²) in [6, 6.07) is -0.838. The zero-order valence-corrected chi connectivity index (χ0v) is 16.7. The number of rotatable bonds is 8. The summed E-state index contributed by atoms with van der Waals surface area (Å²) in [5, 5.41) is 5.97. The number of ether oxygens (including phenoxy) is 1. The van der Waals surface area contributed by atoms with Gasteiger partial charge in [-0.1, -0.05) is 11.6 Å². The summed E-state index contributed by atoms with van der Waals surface area (Å²) < 4.78 is 4.97. The number of piperidine rings is 1. The van der Waals surface area contributed by atoms with E-state index in [4.69, 9.17) is 11.2 Å². The third-order valence-corrected chi connectivity index (χ3v) is 5.17. The van der Waals surface area contributed by atoms with E-state index in [1.165, 1.54) is 5.57 Å². The van der Waals surface area contributed by atoms with Crippen molar-refractivity contribution in [2.24, 2.45) is 5.92 Å². The summed E-state index contributed by atoms with van der Waals surface area (Å²) in [6.45, 7) is 4.83. The van der Waals surface area contributed by atoms with E-state index < -0.39 is 12.0 Å². The van der Waals surface area contributed by atoms with Gasteiger partial charge in [-0.2, -0.15) is 0 Å². The number of carbonyl (C=O) groups excluding carboxylic acids is 3. The Labute approximate surface area is 167 Å². The molecule has 1 saturated heterocycles. The summed E-state index contributed by atoms with van der Waals surface area (Å²) in [6.07, 6.45) is 11.3. The lowest BCUT2D eigenvalue weighted by Crippen LogP contribution is -2.49. The molecule has 0 bridgehead atoms. The van der Waals surface area contributed by atoms with Crippen LogP contribution in [0.2, 0.25) is 0 Å². The summed E-state index contributed by atoms with van der Waals surface area (Å²) in [4.78, 5) is 38.9. The Balaban J connectivity index is 1.85. The first-order valence-electron chi connectivity index (χ1n) is 10.1. The Morgan fingerprint density at radius 2 is 2.29 bits per heavy atom. The van der Waals surface area contributed by atoms with Gasteiger partial charge in [-0.25, -0.2) is 4.79 Å². The van der Waals surface area contributed by atoms with Gasteiger partial charge in [-0.15, -0.1) is 12.3 Å². The molecule has 2 aliphatic heterocycles. The highest BCUT2D eigenvalue weighted by Gasteiger charge is 2.31. The first kappa shape index (κ1) is 22.0. The molecule has 7 heteroatoms. The molecule has 7 nitrogen and oxygen atoms in total. The van der Waals surface area contributed by atoms with E-state index in [-0.39, 0.29) is 30.8 Å². The number of amides is 2. The number of carbonyl (C=O) groups is 3. The molecule has 2 amide bonds. The van der Waals surface area contributed by atoms with Gasteiger partial charge in [0.15, 0.2) is 0 Å². The molecular weight excluding hydrogens is 358 g/mol. The Morgan fingerprint density at radius 1 is 1.46 bits per heavy atom. The van der Waals surface area contributed by atoms with Crippen LogP contribution < -0.4 is 10.6 Å². The van der Waals surface area contributed by atoms with E-state index >= 15 is 0 Å². The maximum Gasteiger partial charge on any atom is 0.329 e. The van der Waals surface area contributed by atoms with Crippen molar-refractivity contribution in [3.63, 3.8) is 0 Å². The van der Waals surface area contributed by atoms with Crippen LogP contribution in [-0.4, -0.2) is 61.5 Å². The topological polar surface area (TPSA) is 87.7 Å². The summed E-state index contributed by atoms with van der Waals surface area (Å²) in [7, 11) is 0. The molecule has 0 aromatic rings. The second kappa shape index (κ2) is 11.5. The lowest BCUT2D eigenvalue weighted by molar-refractivity contribution is -0.148. The fourth-order valence-corrected chi connectivity index (χ4v) is 3.58. The average Bonchev–Trinajstić information content (AvgIpc) is 2.72. The van der Waals surface area contributed by atoms with Crippen molar-refractivity contribution < 1.29 is 19.1 Å². The van der Waals surface area contributed by atoms with Crippen molar-refractivity contribution in [1.29, 1.82) is 0 Å². The first-order valence-corrected chi connectivity index (χ1v) is 10.1. The van der Waals surface area contributed by atoms with Crippen LogP contribution in [0.15, 0.2) is 11.6 Å². The minimum absolute atomic E-state index is 0.0856. The van der Waals surface area contributed by atoms with Crippen molar-refractivity contribution in [3.8, 4) is 12.3 Å². The Kier molecular flexibility index (Phi) is 9.02. The fraction of sp³-hybridized carbons (Fsp3) is 0.667. The zero-order chi connectivity index (χ0) is 20.4. The predicted molar refractivity (Wildman–Crippen MR) is 106 cm³/mol. The van der Waals surface area contributed by atoms with Gasteiger partial charge in [0.1, 0.15) is 6.04 Å². The van der Waals surface area contributed by atoms with Gasteiger partial charge in [0.2, 0.25) is 11.8 Å². The number of nitrogens with zero attached hydrogens (tertiary/aromatic N) is 1. The quantitative estimate of drug-likeness (QED) is 0.367. The third kappa shape index (κ3) is 6.68. The molecule has 2 aliphatic rings. The predicted octanol–water partition coefficient (Wildman–Crippen LogP) is 0.996. The van der Waals surface area contributed by atoms with E-state index in [2.05, 4.69) is 22.6 Å². The third-order valence-electron chi connectivity index (χ3n) is 5.17. The van der Waals surface area contributed by atoms with E-state index in [9.17, 15) is 14.4 Å². The van der Waals surface area contributed by atoms with Crippen LogP contribution in [0.4, 0.5) is 0 Å². The standard InChI is InChI=1S/C21H31N3O4/c1-3-6-18(21(27)28-4-2)23-20(26)17-7-5-14-24(15-17)19(25)9-8-16-10-12-22-13-11-16/h1,10,17-18,22H,4-9,11-15H2,2H3,(H,23,26)/t17-,18+/m1/s1. The fourth-order valence-electron chi connectivity index (χ4n) is 3.58. The molecule has 154 valence electrons. The molecule has 2 rings (SSSR count). The maximum atomic E-state index is 12.6. The molecule has 0 aliphatic carbocycles.